The van der Waals surface area contributed by atoms with Crippen LogP contribution in [0.5, 0.6) is 0 Å². The first-order valence-corrected chi connectivity index (χ1v) is 8.20. The van der Waals surface area contributed by atoms with Crippen molar-refractivity contribution in [1.82, 2.24) is 15.5 Å². The average Bonchev–Trinajstić information content (AvgIpc) is 2.55. The number of ether oxygens (including phenoxy) is 1. The monoisotopic (exact) mass is 326 g/mol. The Hall–Kier alpha value is -1.79. The van der Waals surface area contributed by atoms with Gasteiger partial charge in [-0.2, -0.15) is 0 Å². The summed E-state index contributed by atoms with van der Waals surface area (Å²) in [4.78, 5) is 30.1. The van der Waals surface area contributed by atoms with Crippen LogP contribution in [0.3, 0.4) is 0 Å². The molecule has 1 fully saturated rings. The van der Waals surface area contributed by atoms with E-state index in [2.05, 4.69) is 20.5 Å². The second kappa shape index (κ2) is 8.74. The summed E-state index contributed by atoms with van der Waals surface area (Å²) in [6.07, 6.45) is 1.76. The molecule has 1 rings (SSSR count). The number of likely N-dealkylation sites (tertiary alicyclic amines) is 1. The molecule has 0 aromatic heterocycles. The fourth-order valence-corrected chi connectivity index (χ4v) is 2.67. The van der Waals surface area contributed by atoms with Gasteiger partial charge in [0.05, 0.1) is 17.9 Å². The fourth-order valence-electron chi connectivity index (χ4n) is 2.67. The number of rotatable bonds is 5. The standard InChI is InChI=1S/C16H30N4O3/c1-6-23-13(21)12-8-7-9-20(10-12)15(18-5)19-11-16(2,3)14(22)17-4/h12H,6-11H2,1-5H3,(H,17,22)(H,18,19). The van der Waals surface area contributed by atoms with Crippen LogP contribution in [0.2, 0.25) is 0 Å². The highest BCUT2D eigenvalue weighted by molar-refractivity contribution is 5.84. The van der Waals surface area contributed by atoms with Crippen molar-refractivity contribution < 1.29 is 14.3 Å². The van der Waals surface area contributed by atoms with Crippen LogP contribution in [0.4, 0.5) is 0 Å². The van der Waals surface area contributed by atoms with E-state index in [0.29, 0.717) is 19.7 Å². The van der Waals surface area contributed by atoms with Gasteiger partial charge in [-0.05, 0) is 33.6 Å². The van der Waals surface area contributed by atoms with E-state index in [-0.39, 0.29) is 17.8 Å². The number of carbonyl (C=O) groups excluding carboxylic acids is 2. The third-order valence-corrected chi connectivity index (χ3v) is 4.08. The zero-order chi connectivity index (χ0) is 17.5. The Balaban J connectivity index is 2.64. The number of esters is 1. The molecule has 2 N–H and O–H groups in total. The molecule has 0 bridgehead atoms. The molecule has 1 atom stereocenters. The number of piperidine rings is 1. The lowest BCUT2D eigenvalue weighted by Crippen LogP contribution is -2.51. The summed E-state index contributed by atoms with van der Waals surface area (Å²) in [7, 11) is 3.34. The number of aliphatic imine (C=N–C) groups is 1. The van der Waals surface area contributed by atoms with Crippen molar-refractivity contribution in [1.29, 1.82) is 0 Å². The van der Waals surface area contributed by atoms with Crippen molar-refractivity contribution in [2.75, 3.05) is 40.3 Å². The van der Waals surface area contributed by atoms with E-state index in [9.17, 15) is 9.59 Å². The fraction of sp³-hybridized carbons (Fsp3) is 0.812. The van der Waals surface area contributed by atoms with E-state index < -0.39 is 5.41 Å². The van der Waals surface area contributed by atoms with Crippen LogP contribution in [0.25, 0.3) is 0 Å². The van der Waals surface area contributed by atoms with Gasteiger partial charge in [0.1, 0.15) is 0 Å². The van der Waals surface area contributed by atoms with E-state index in [1.54, 1.807) is 14.1 Å². The maximum Gasteiger partial charge on any atom is 0.310 e. The Morgan fingerprint density at radius 1 is 1.39 bits per heavy atom. The summed E-state index contributed by atoms with van der Waals surface area (Å²) in [5, 5.41) is 5.92. The lowest BCUT2D eigenvalue weighted by atomic mass is 9.92. The number of carbonyl (C=O) groups is 2. The Kier molecular flexibility index (Phi) is 7.32. The summed E-state index contributed by atoms with van der Waals surface area (Å²) >= 11 is 0. The molecular formula is C16H30N4O3. The van der Waals surface area contributed by atoms with Crippen LogP contribution in [-0.4, -0.2) is 63.1 Å². The smallest absolute Gasteiger partial charge is 0.310 e. The van der Waals surface area contributed by atoms with Crippen molar-refractivity contribution in [2.45, 2.75) is 33.6 Å². The first kappa shape index (κ1) is 19.3. The summed E-state index contributed by atoms with van der Waals surface area (Å²) < 4.78 is 5.12. The van der Waals surface area contributed by atoms with Gasteiger partial charge in [-0.3, -0.25) is 14.6 Å². The van der Waals surface area contributed by atoms with Crippen LogP contribution in [0.1, 0.15) is 33.6 Å². The molecule has 132 valence electrons. The molecule has 0 spiro atoms. The summed E-state index contributed by atoms with van der Waals surface area (Å²) in [6, 6.07) is 0. The van der Waals surface area contributed by atoms with E-state index in [1.807, 2.05) is 20.8 Å². The Morgan fingerprint density at radius 2 is 2.09 bits per heavy atom. The Bertz CT molecular complexity index is 449. The maximum atomic E-state index is 11.9. The summed E-state index contributed by atoms with van der Waals surface area (Å²) in [6.45, 7) is 7.89. The van der Waals surface area contributed by atoms with Crippen LogP contribution in [0.15, 0.2) is 4.99 Å². The molecule has 1 aliphatic rings. The first-order valence-electron chi connectivity index (χ1n) is 8.20. The molecule has 0 aromatic rings. The Morgan fingerprint density at radius 3 is 2.65 bits per heavy atom. The molecule has 23 heavy (non-hydrogen) atoms. The molecular weight excluding hydrogens is 296 g/mol. The highest BCUT2D eigenvalue weighted by Gasteiger charge is 2.30. The number of hydrogen-bond acceptors (Lipinski definition) is 4. The molecule has 1 amide bonds. The van der Waals surface area contributed by atoms with Gasteiger partial charge in [-0.1, -0.05) is 0 Å². The SMILES string of the molecule is CCOC(=O)C1CCCN(C(=NC)NCC(C)(C)C(=O)NC)C1. The molecule has 0 aliphatic carbocycles. The van der Waals surface area contributed by atoms with Gasteiger partial charge in [0.25, 0.3) is 0 Å². The second-order valence-electron chi connectivity index (χ2n) is 6.40. The molecule has 7 nitrogen and oxygen atoms in total. The second-order valence-corrected chi connectivity index (χ2v) is 6.40. The minimum absolute atomic E-state index is 0.0245. The molecule has 0 radical (unpaired) electrons. The number of nitrogens with one attached hydrogen (secondary N) is 2. The highest BCUT2D eigenvalue weighted by atomic mass is 16.5. The highest BCUT2D eigenvalue weighted by Crippen LogP contribution is 2.19. The quantitative estimate of drug-likeness (QED) is 0.439. The van der Waals surface area contributed by atoms with Crippen LogP contribution in [-0.2, 0) is 14.3 Å². The lowest BCUT2D eigenvalue weighted by Gasteiger charge is -2.35. The number of amides is 1. The van der Waals surface area contributed by atoms with Gasteiger partial charge in [-0.15, -0.1) is 0 Å². The van der Waals surface area contributed by atoms with Gasteiger partial charge in [0.2, 0.25) is 5.91 Å². The third-order valence-electron chi connectivity index (χ3n) is 4.08. The van der Waals surface area contributed by atoms with E-state index in [4.69, 9.17) is 4.74 Å². The van der Waals surface area contributed by atoms with Gasteiger partial charge in [0.15, 0.2) is 5.96 Å². The molecule has 0 aromatic carbocycles. The van der Waals surface area contributed by atoms with Gasteiger partial charge < -0.3 is 20.3 Å². The normalized spacial score (nSPS) is 19.3. The predicted octanol–water partition coefficient (Wildman–Crippen LogP) is 0.609. The van der Waals surface area contributed by atoms with Gasteiger partial charge in [-0.25, -0.2) is 0 Å². The lowest BCUT2D eigenvalue weighted by molar-refractivity contribution is -0.149. The molecule has 1 saturated heterocycles. The number of hydrogen-bond donors (Lipinski definition) is 2. The van der Waals surface area contributed by atoms with Gasteiger partial charge >= 0.3 is 5.97 Å². The molecule has 7 heteroatoms. The van der Waals surface area contributed by atoms with E-state index in [0.717, 1.165) is 25.3 Å². The van der Waals surface area contributed by atoms with E-state index >= 15 is 0 Å². The van der Waals surface area contributed by atoms with Crippen LogP contribution < -0.4 is 10.6 Å². The van der Waals surface area contributed by atoms with Crippen molar-refractivity contribution in [2.24, 2.45) is 16.3 Å². The van der Waals surface area contributed by atoms with Crippen LogP contribution in [0, 0.1) is 11.3 Å². The summed E-state index contributed by atoms with van der Waals surface area (Å²) in [5.41, 5.74) is -0.541. The van der Waals surface area contributed by atoms with Crippen LogP contribution >= 0.6 is 0 Å². The molecule has 0 saturated carbocycles. The Labute approximate surface area is 138 Å². The third kappa shape index (κ3) is 5.41. The zero-order valence-corrected chi connectivity index (χ0v) is 14.9. The average molecular weight is 326 g/mol. The van der Waals surface area contributed by atoms with Crippen molar-refractivity contribution in [3.8, 4) is 0 Å². The minimum atomic E-state index is -0.541. The number of nitrogens with zero attached hydrogens (tertiary/aromatic N) is 2. The van der Waals surface area contributed by atoms with Crippen molar-refractivity contribution in [3.05, 3.63) is 0 Å². The minimum Gasteiger partial charge on any atom is -0.466 e. The maximum absolute atomic E-state index is 11.9. The molecule has 1 aliphatic heterocycles. The van der Waals surface area contributed by atoms with Crippen molar-refractivity contribution in [3.63, 3.8) is 0 Å². The predicted molar refractivity (Wildman–Crippen MR) is 90.1 cm³/mol. The van der Waals surface area contributed by atoms with Crippen molar-refractivity contribution >= 4 is 17.8 Å². The topological polar surface area (TPSA) is 83.0 Å². The number of guanidine groups is 1. The first-order chi connectivity index (χ1) is 10.9. The van der Waals surface area contributed by atoms with Gasteiger partial charge in [0, 0.05) is 33.7 Å². The molecule has 1 heterocycles. The van der Waals surface area contributed by atoms with E-state index in [1.165, 1.54) is 0 Å². The zero-order valence-electron chi connectivity index (χ0n) is 14.9. The molecule has 1 unspecified atom stereocenters. The largest absolute Gasteiger partial charge is 0.466 e. The summed E-state index contributed by atoms with van der Waals surface area (Å²) in [5.74, 6) is 0.437.